The number of carbonyl (C=O) groups excluding carboxylic acids is 2. The number of nitrogen functional groups attached to an aromatic ring is 1. The third-order valence-corrected chi connectivity index (χ3v) is 5.98. The Morgan fingerprint density at radius 1 is 1.00 bits per heavy atom. The van der Waals surface area contributed by atoms with Crippen LogP contribution in [0.2, 0.25) is 0 Å². The SMILES string of the molecule is CC(C)C[C@H](NCCc1cc(F)c(-n2c(N)c(C(=O)c3ccc(F)cc3)ccc2=O)c(F)c1)C(=O)OC(C)(C)C. The van der Waals surface area contributed by atoms with Gasteiger partial charge in [-0.25, -0.2) is 13.2 Å². The second-order valence-electron chi connectivity index (χ2n) is 11.0. The molecule has 0 radical (unpaired) electrons. The van der Waals surface area contributed by atoms with Gasteiger partial charge in [0.15, 0.2) is 17.4 Å². The van der Waals surface area contributed by atoms with Gasteiger partial charge in [0.05, 0.1) is 5.56 Å². The van der Waals surface area contributed by atoms with E-state index in [0.717, 1.165) is 36.4 Å². The van der Waals surface area contributed by atoms with E-state index in [1.54, 1.807) is 20.8 Å². The van der Waals surface area contributed by atoms with Gasteiger partial charge in [0.25, 0.3) is 5.56 Å². The Kier molecular flexibility index (Phi) is 9.57. The maximum absolute atomic E-state index is 15.3. The van der Waals surface area contributed by atoms with Crippen molar-refractivity contribution < 1.29 is 27.5 Å². The summed E-state index contributed by atoms with van der Waals surface area (Å²) in [6.45, 7) is 9.50. The Bertz CT molecular complexity index is 1420. The molecule has 0 saturated heterocycles. The summed E-state index contributed by atoms with van der Waals surface area (Å²) in [6.07, 6.45) is 0.699. The van der Waals surface area contributed by atoms with Crippen LogP contribution in [0.5, 0.6) is 0 Å². The topological polar surface area (TPSA) is 103 Å². The molecular weight excluding hydrogens is 523 g/mol. The van der Waals surface area contributed by atoms with Crippen LogP contribution in [0.25, 0.3) is 5.69 Å². The Morgan fingerprint density at radius 2 is 1.60 bits per heavy atom. The summed E-state index contributed by atoms with van der Waals surface area (Å²) in [5, 5.41) is 3.11. The first-order valence-electron chi connectivity index (χ1n) is 12.9. The first-order valence-corrected chi connectivity index (χ1v) is 12.9. The van der Waals surface area contributed by atoms with Gasteiger partial charge in [0.1, 0.15) is 29.0 Å². The summed E-state index contributed by atoms with van der Waals surface area (Å²) in [7, 11) is 0. The van der Waals surface area contributed by atoms with Gasteiger partial charge in [-0.2, -0.15) is 0 Å². The number of nitrogens with one attached hydrogen (secondary N) is 1. The number of hydrogen-bond acceptors (Lipinski definition) is 6. The molecule has 1 aromatic heterocycles. The Labute approximate surface area is 231 Å². The lowest BCUT2D eigenvalue weighted by atomic mass is 10.0. The molecule has 0 unspecified atom stereocenters. The summed E-state index contributed by atoms with van der Waals surface area (Å²) in [6, 6.07) is 8.36. The molecule has 0 fully saturated rings. The molecule has 0 aliphatic heterocycles. The van der Waals surface area contributed by atoms with Gasteiger partial charge in [-0.3, -0.25) is 19.0 Å². The van der Waals surface area contributed by atoms with Crippen molar-refractivity contribution in [2.45, 2.75) is 59.1 Å². The van der Waals surface area contributed by atoms with E-state index >= 15 is 8.78 Å². The van der Waals surface area contributed by atoms with Crippen LogP contribution in [0.4, 0.5) is 19.0 Å². The minimum absolute atomic E-state index is 0.0873. The number of carbonyl (C=O) groups is 2. The van der Waals surface area contributed by atoms with Crippen LogP contribution in [0.1, 0.15) is 62.5 Å². The molecule has 3 N–H and O–H groups in total. The number of nitrogens with two attached hydrogens (primary N) is 1. The summed E-state index contributed by atoms with van der Waals surface area (Å²) in [4.78, 5) is 38.1. The quantitative estimate of drug-likeness (QED) is 0.270. The standard InChI is InChI=1S/C30H34F3N3O4/c1-17(2)14-24(29(39)40-30(3,4)5)35-13-12-18-15-22(32)26(23(33)16-18)36-25(37)11-10-21(28(36)34)27(38)19-6-8-20(31)9-7-19/h6-11,15-17,24,35H,12-14,34H2,1-5H3/t24-/m0/s1. The average Bonchev–Trinajstić information content (AvgIpc) is 2.84. The monoisotopic (exact) mass is 557 g/mol. The van der Waals surface area contributed by atoms with Crippen molar-refractivity contribution in [3.8, 4) is 5.69 Å². The second-order valence-corrected chi connectivity index (χ2v) is 11.0. The molecule has 3 rings (SSSR count). The zero-order valence-electron chi connectivity index (χ0n) is 23.2. The molecule has 0 aliphatic carbocycles. The molecule has 0 amide bonds. The van der Waals surface area contributed by atoms with Crippen LogP contribution in [-0.2, 0) is 16.0 Å². The predicted octanol–water partition coefficient (Wildman–Crippen LogP) is 4.96. The highest BCUT2D eigenvalue weighted by Crippen LogP contribution is 2.24. The lowest BCUT2D eigenvalue weighted by molar-refractivity contribution is -0.158. The highest BCUT2D eigenvalue weighted by atomic mass is 19.1. The van der Waals surface area contributed by atoms with Crippen molar-refractivity contribution in [2.24, 2.45) is 5.92 Å². The maximum Gasteiger partial charge on any atom is 0.323 e. The molecule has 0 saturated carbocycles. The summed E-state index contributed by atoms with van der Waals surface area (Å²) in [5.74, 6) is -3.96. The number of aromatic nitrogens is 1. The molecule has 1 heterocycles. The number of ether oxygens (including phenoxy) is 1. The van der Waals surface area contributed by atoms with Crippen molar-refractivity contribution in [1.82, 2.24) is 9.88 Å². The minimum atomic E-state index is -1.05. The minimum Gasteiger partial charge on any atom is -0.459 e. The fraction of sp³-hybridized carbons (Fsp3) is 0.367. The molecule has 0 bridgehead atoms. The maximum atomic E-state index is 15.3. The first-order chi connectivity index (χ1) is 18.7. The number of esters is 1. The zero-order valence-corrected chi connectivity index (χ0v) is 23.2. The van der Waals surface area contributed by atoms with E-state index in [-0.39, 0.29) is 35.6 Å². The Hall–Kier alpha value is -3.92. The number of pyridine rings is 1. The molecule has 1 atom stereocenters. The molecule has 0 aliphatic rings. The van der Waals surface area contributed by atoms with Crippen LogP contribution in [0, 0.1) is 23.4 Å². The highest BCUT2D eigenvalue weighted by Gasteiger charge is 2.26. The predicted molar refractivity (Wildman–Crippen MR) is 147 cm³/mol. The molecule has 2 aromatic carbocycles. The van der Waals surface area contributed by atoms with Crippen molar-refractivity contribution in [3.05, 3.63) is 93.0 Å². The Morgan fingerprint density at radius 3 is 2.15 bits per heavy atom. The van der Waals surface area contributed by atoms with Crippen molar-refractivity contribution in [3.63, 3.8) is 0 Å². The fourth-order valence-electron chi connectivity index (χ4n) is 4.21. The highest BCUT2D eigenvalue weighted by molar-refractivity contribution is 6.11. The van der Waals surface area contributed by atoms with Crippen molar-refractivity contribution in [2.75, 3.05) is 12.3 Å². The van der Waals surface area contributed by atoms with Crippen LogP contribution in [0.15, 0.2) is 53.3 Å². The van der Waals surface area contributed by atoms with Crippen LogP contribution >= 0.6 is 0 Å². The normalized spacial score (nSPS) is 12.4. The molecular formula is C30H34F3N3O4. The third kappa shape index (κ3) is 7.59. The van der Waals surface area contributed by atoms with E-state index in [2.05, 4.69) is 5.32 Å². The molecule has 7 nitrogen and oxygen atoms in total. The zero-order chi connectivity index (χ0) is 29.8. The summed E-state index contributed by atoms with van der Waals surface area (Å²) >= 11 is 0. The number of ketones is 1. The van der Waals surface area contributed by atoms with E-state index in [1.165, 1.54) is 12.1 Å². The third-order valence-electron chi connectivity index (χ3n) is 5.98. The van der Waals surface area contributed by atoms with E-state index < -0.39 is 57.9 Å². The molecule has 0 spiro atoms. The number of hydrogen-bond donors (Lipinski definition) is 2. The van der Waals surface area contributed by atoms with E-state index in [9.17, 15) is 18.8 Å². The van der Waals surface area contributed by atoms with Gasteiger partial charge < -0.3 is 15.8 Å². The fourth-order valence-corrected chi connectivity index (χ4v) is 4.21. The number of anilines is 1. The van der Waals surface area contributed by atoms with Crippen LogP contribution < -0.4 is 16.6 Å². The molecule has 40 heavy (non-hydrogen) atoms. The van der Waals surface area contributed by atoms with E-state index in [0.29, 0.717) is 11.0 Å². The van der Waals surface area contributed by atoms with Crippen molar-refractivity contribution >= 4 is 17.6 Å². The van der Waals surface area contributed by atoms with E-state index in [4.69, 9.17) is 10.5 Å². The second kappa shape index (κ2) is 12.5. The molecule has 214 valence electrons. The smallest absolute Gasteiger partial charge is 0.323 e. The number of halogens is 3. The number of rotatable bonds is 10. The number of nitrogens with zero attached hydrogens (tertiary/aromatic N) is 1. The van der Waals surface area contributed by atoms with Crippen LogP contribution in [0.3, 0.4) is 0 Å². The van der Waals surface area contributed by atoms with Crippen molar-refractivity contribution in [1.29, 1.82) is 0 Å². The van der Waals surface area contributed by atoms with Gasteiger partial charge in [-0.15, -0.1) is 0 Å². The van der Waals surface area contributed by atoms with Gasteiger partial charge in [-0.05, 0) is 94.1 Å². The van der Waals surface area contributed by atoms with Crippen LogP contribution in [-0.4, -0.2) is 34.5 Å². The largest absolute Gasteiger partial charge is 0.459 e. The average molecular weight is 558 g/mol. The lowest BCUT2D eigenvalue weighted by Gasteiger charge is -2.25. The summed E-state index contributed by atoms with van der Waals surface area (Å²) < 4.78 is 49.9. The summed E-state index contributed by atoms with van der Waals surface area (Å²) in [5.41, 5.74) is 4.05. The lowest BCUT2D eigenvalue weighted by Crippen LogP contribution is -2.42. The first kappa shape index (κ1) is 30.6. The van der Waals surface area contributed by atoms with E-state index in [1.807, 2.05) is 13.8 Å². The number of benzene rings is 2. The van der Waals surface area contributed by atoms with Gasteiger partial charge in [0, 0.05) is 11.6 Å². The van der Waals surface area contributed by atoms with Gasteiger partial charge >= 0.3 is 5.97 Å². The van der Waals surface area contributed by atoms with Gasteiger partial charge in [-0.1, -0.05) is 13.8 Å². The molecule has 3 aromatic rings. The van der Waals surface area contributed by atoms with Gasteiger partial charge in [0.2, 0.25) is 0 Å². The Balaban J connectivity index is 1.85. The molecule has 10 heteroatoms.